The summed E-state index contributed by atoms with van der Waals surface area (Å²) in [7, 11) is 3.09. The minimum Gasteiger partial charge on any atom is -0.493 e. The van der Waals surface area contributed by atoms with Gasteiger partial charge in [-0.15, -0.1) is 0 Å². The molecule has 0 amide bonds. The zero-order valence-corrected chi connectivity index (χ0v) is 20.8. The van der Waals surface area contributed by atoms with Crippen molar-refractivity contribution in [3.8, 4) is 11.5 Å². The summed E-state index contributed by atoms with van der Waals surface area (Å²) in [4.78, 5) is 34.0. The molecular formula is C26H27N3O5S. The number of hydrogen-bond acceptors (Lipinski definition) is 8. The van der Waals surface area contributed by atoms with Crippen LogP contribution in [0, 0.1) is 0 Å². The number of aromatic nitrogens is 2. The SMILES string of the molecule is CCOC(=O)C1=C(C)Nc2nc(SCc3ccccc3)[nH]c(=O)c2C1c1ccc(OC)c(OC)c1. The van der Waals surface area contributed by atoms with E-state index in [1.807, 2.05) is 36.4 Å². The summed E-state index contributed by atoms with van der Waals surface area (Å²) < 4.78 is 16.2. The summed E-state index contributed by atoms with van der Waals surface area (Å²) in [6, 6.07) is 15.3. The number of H-pyrrole nitrogens is 1. The van der Waals surface area contributed by atoms with Crippen LogP contribution in [0.2, 0.25) is 0 Å². The molecule has 9 heteroatoms. The number of nitrogens with one attached hydrogen (secondary N) is 2. The molecule has 0 saturated heterocycles. The molecule has 0 bridgehead atoms. The Bertz CT molecular complexity index is 1320. The van der Waals surface area contributed by atoms with E-state index in [1.54, 1.807) is 33.1 Å². The van der Waals surface area contributed by atoms with E-state index in [2.05, 4.69) is 15.3 Å². The van der Waals surface area contributed by atoms with Crippen molar-refractivity contribution in [2.45, 2.75) is 30.7 Å². The van der Waals surface area contributed by atoms with E-state index < -0.39 is 11.9 Å². The number of anilines is 1. The van der Waals surface area contributed by atoms with E-state index in [0.29, 0.717) is 50.6 Å². The number of benzene rings is 2. The molecule has 2 heterocycles. The molecule has 2 aromatic carbocycles. The second kappa shape index (κ2) is 10.7. The molecule has 2 N–H and O–H groups in total. The second-order valence-corrected chi connectivity index (χ2v) is 8.80. The van der Waals surface area contributed by atoms with Gasteiger partial charge in [-0.3, -0.25) is 4.79 Å². The lowest BCUT2D eigenvalue weighted by molar-refractivity contribution is -0.138. The van der Waals surface area contributed by atoms with Crippen molar-refractivity contribution in [1.82, 2.24) is 9.97 Å². The maximum Gasteiger partial charge on any atom is 0.336 e. The van der Waals surface area contributed by atoms with Crippen LogP contribution in [0.4, 0.5) is 5.82 Å². The predicted molar refractivity (Wildman–Crippen MR) is 135 cm³/mol. The van der Waals surface area contributed by atoms with E-state index in [4.69, 9.17) is 14.2 Å². The van der Waals surface area contributed by atoms with Gasteiger partial charge in [0.2, 0.25) is 0 Å². The third-order valence-corrected chi connectivity index (χ3v) is 6.62. The van der Waals surface area contributed by atoms with Crippen LogP contribution in [0.25, 0.3) is 0 Å². The average molecular weight is 494 g/mol. The second-order valence-electron chi connectivity index (χ2n) is 7.84. The number of allylic oxidation sites excluding steroid dienone is 1. The van der Waals surface area contributed by atoms with Gasteiger partial charge in [-0.05, 0) is 37.1 Å². The van der Waals surface area contributed by atoms with Gasteiger partial charge in [0.05, 0.1) is 37.9 Å². The number of thioether (sulfide) groups is 1. The first kappa shape index (κ1) is 24.4. The fourth-order valence-corrected chi connectivity index (χ4v) is 4.89. The lowest BCUT2D eigenvalue weighted by Crippen LogP contribution is -2.31. The molecule has 1 unspecified atom stereocenters. The fraction of sp³-hybridized carbons (Fsp3) is 0.269. The lowest BCUT2D eigenvalue weighted by Gasteiger charge is -2.29. The molecule has 3 aromatic rings. The summed E-state index contributed by atoms with van der Waals surface area (Å²) in [5.41, 5.74) is 2.75. The molecule has 0 aliphatic carbocycles. The van der Waals surface area contributed by atoms with Crippen molar-refractivity contribution in [1.29, 1.82) is 0 Å². The minimum atomic E-state index is -0.700. The van der Waals surface area contributed by atoms with Crippen molar-refractivity contribution in [2.24, 2.45) is 0 Å². The average Bonchev–Trinajstić information content (AvgIpc) is 2.86. The number of aromatic amines is 1. The fourth-order valence-electron chi connectivity index (χ4n) is 4.07. The molecule has 1 atom stereocenters. The van der Waals surface area contributed by atoms with Crippen LogP contribution < -0.4 is 20.3 Å². The Morgan fingerprint density at radius 1 is 1.09 bits per heavy atom. The highest BCUT2D eigenvalue weighted by Crippen LogP contribution is 2.42. The van der Waals surface area contributed by atoms with Crippen LogP contribution >= 0.6 is 11.8 Å². The lowest BCUT2D eigenvalue weighted by atomic mass is 9.82. The van der Waals surface area contributed by atoms with Crippen LogP contribution in [-0.4, -0.2) is 36.8 Å². The van der Waals surface area contributed by atoms with Gasteiger partial charge in [-0.25, -0.2) is 9.78 Å². The molecule has 0 radical (unpaired) electrons. The third kappa shape index (κ3) is 5.05. The maximum absolute atomic E-state index is 13.4. The smallest absolute Gasteiger partial charge is 0.336 e. The van der Waals surface area contributed by atoms with Crippen LogP contribution in [-0.2, 0) is 15.3 Å². The van der Waals surface area contributed by atoms with Gasteiger partial charge in [0.25, 0.3) is 5.56 Å². The molecule has 1 aromatic heterocycles. The molecule has 4 rings (SSSR count). The highest BCUT2D eigenvalue weighted by molar-refractivity contribution is 7.98. The van der Waals surface area contributed by atoms with Crippen molar-refractivity contribution in [2.75, 3.05) is 26.1 Å². The molecule has 182 valence electrons. The zero-order chi connectivity index (χ0) is 24.9. The highest BCUT2D eigenvalue weighted by Gasteiger charge is 2.36. The Labute approximate surface area is 207 Å². The Morgan fingerprint density at radius 2 is 1.83 bits per heavy atom. The summed E-state index contributed by atoms with van der Waals surface area (Å²) >= 11 is 1.43. The first-order valence-corrected chi connectivity index (χ1v) is 12.1. The molecule has 0 spiro atoms. The predicted octanol–water partition coefficient (Wildman–Crippen LogP) is 4.47. The van der Waals surface area contributed by atoms with Gasteiger partial charge in [0.1, 0.15) is 5.82 Å². The standard InChI is InChI=1S/C26H27N3O5S/c1-5-34-25(31)20-15(2)27-23-22(21(20)17-11-12-18(32-3)19(13-17)33-4)24(30)29-26(28-23)35-14-16-9-7-6-8-10-16/h6-13,21H,5,14H2,1-4H3,(H2,27,28,29,30). The monoisotopic (exact) mass is 493 g/mol. The van der Waals surface area contributed by atoms with Crippen molar-refractivity contribution in [3.63, 3.8) is 0 Å². The van der Waals surface area contributed by atoms with Gasteiger partial charge >= 0.3 is 5.97 Å². The molecule has 8 nitrogen and oxygen atoms in total. The van der Waals surface area contributed by atoms with Crippen molar-refractivity contribution in [3.05, 3.63) is 86.8 Å². The normalized spacial score (nSPS) is 14.7. The Kier molecular flexibility index (Phi) is 7.45. The summed E-state index contributed by atoms with van der Waals surface area (Å²) in [5, 5.41) is 3.65. The van der Waals surface area contributed by atoms with E-state index in [9.17, 15) is 9.59 Å². The molecule has 0 saturated carbocycles. The number of carbonyl (C=O) groups is 1. The molecule has 1 aliphatic rings. The molecule has 0 fully saturated rings. The number of esters is 1. The van der Waals surface area contributed by atoms with Gasteiger partial charge in [0, 0.05) is 11.4 Å². The number of hydrogen-bond donors (Lipinski definition) is 2. The van der Waals surface area contributed by atoms with E-state index in [1.165, 1.54) is 18.9 Å². The van der Waals surface area contributed by atoms with Crippen molar-refractivity contribution >= 4 is 23.5 Å². The zero-order valence-electron chi connectivity index (χ0n) is 20.0. The van der Waals surface area contributed by atoms with E-state index >= 15 is 0 Å². The summed E-state index contributed by atoms with van der Waals surface area (Å²) in [6.07, 6.45) is 0. The number of nitrogens with zero attached hydrogens (tertiary/aromatic N) is 1. The largest absolute Gasteiger partial charge is 0.493 e. The highest BCUT2D eigenvalue weighted by atomic mass is 32.2. The first-order chi connectivity index (χ1) is 17.0. The van der Waals surface area contributed by atoms with Gasteiger partial charge in [0.15, 0.2) is 16.7 Å². The Morgan fingerprint density at radius 3 is 2.51 bits per heavy atom. The van der Waals surface area contributed by atoms with Crippen molar-refractivity contribution < 1.29 is 19.0 Å². The molecule has 35 heavy (non-hydrogen) atoms. The molecule has 1 aliphatic heterocycles. The number of fused-ring (bicyclic) bond motifs is 1. The third-order valence-electron chi connectivity index (χ3n) is 5.68. The Balaban J connectivity index is 1.80. The topological polar surface area (TPSA) is 103 Å². The van der Waals surface area contributed by atoms with Crippen LogP contribution in [0.3, 0.4) is 0 Å². The number of methoxy groups -OCH3 is 2. The Hall–Kier alpha value is -3.72. The van der Waals surface area contributed by atoms with Crippen LogP contribution in [0.5, 0.6) is 11.5 Å². The number of rotatable bonds is 8. The number of carbonyl (C=O) groups excluding carboxylic acids is 1. The van der Waals surface area contributed by atoms with Gasteiger partial charge in [-0.1, -0.05) is 48.2 Å². The van der Waals surface area contributed by atoms with Crippen LogP contribution in [0.15, 0.2) is 69.8 Å². The molecular weight excluding hydrogens is 466 g/mol. The van der Waals surface area contributed by atoms with Gasteiger partial charge in [-0.2, -0.15) is 0 Å². The number of ether oxygens (including phenoxy) is 3. The summed E-state index contributed by atoms with van der Waals surface area (Å²) in [6.45, 7) is 3.74. The first-order valence-electron chi connectivity index (χ1n) is 11.1. The summed E-state index contributed by atoms with van der Waals surface area (Å²) in [5.74, 6) is 0.910. The van der Waals surface area contributed by atoms with E-state index in [-0.39, 0.29) is 12.2 Å². The van der Waals surface area contributed by atoms with Crippen LogP contribution in [0.1, 0.15) is 36.5 Å². The van der Waals surface area contributed by atoms with Gasteiger partial charge < -0.3 is 24.5 Å². The van der Waals surface area contributed by atoms with E-state index in [0.717, 1.165) is 5.56 Å². The minimum absolute atomic E-state index is 0.213. The maximum atomic E-state index is 13.4. The quantitative estimate of drug-likeness (QED) is 0.269.